The third-order valence-electron chi connectivity index (χ3n) is 7.71. The van der Waals surface area contributed by atoms with Crippen molar-refractivity contribution in [2.75, 3.05) is 0 Å². The van der Waals surface area contributed by atoms with Gasteiger partial charge < -0.3 is 9.47 Å². The van der Waals surface area contributed by atoms with Crippen LogP contribution in [0.5, 0.6) is 5.75 Å². The summed E-state index contributed by atoms with van der Waals surface area (Å²) in [5, 5.41) is 0. The maximum atomic E-state index is 14.7. The first-order valence-corrected chi connectivity index (χ1v) is 16.3. The van der Waals surface area contributed by atoms with Crippen LogP contribution in [0.2, 0.25) is 0 Å². The van der Waals surface area contributed by atoms with E-state index in [-0.39, 0.29) is 18.4 Å². The number of nitrogens with zero attached hydrogens (tertiary/aromatic N) is 2. The number of esters is 2. The van der Waals surface area contributed by atoms with Gasteiger partial charge in [-0.15, -0.1) is 0 Å². The molecule has 1 unspecified atom stereocenters. The maximum absolute atomic E-state index is 14.7. The zero-order valence-corrected chi connectivity index (χ0v) is 26.7. The van der Waals surface area contributed by atoms with Gasteiger partial charge in [0.25, 0.3) is 0 Å². The molecule has 3 rings (SSSR count). The first-order valence-electron chi connectivity index (χ1n) is 16.3. The number of benzene rings is 2. The van der Waals surface area contributed by atoms with Crippen LogP contribution in [0.3, 0.4) is 0 Å². The molecular formula is C36H44F4N2O4. The molecule has 46 heavy (non-hydrogen) atoms. The molecule has 1 atom stereocenters. The van der Waals surface area contributed by atoms with Crippen molar-refractivity contribution in [3.05, 3.63) is 77.4 Å². The minimum atomic E-state index is -4.74. The molecule has 0 radical (unpaired) electrons. The van der Waals surface area contributed by atoms with Gasteiger partial charge in [0.15, 0.2) is 23.5 Å². The smallest absolute Gasteiger partial charge is 0.425 e. The van der Waals surface area contributed by atoms with Gasteiger partial charge in [-0.25, -0.2) is 23.9 Å². The summed E-state index contributed by atoms with van der Waals surface area (Å²) in [4.78, 5) is 33.9. The van der Waals surface area contributed by atoms with Crippen LogP contribution in [0.1, 0.15) is 124 Å². The molecule has 0 aliphatic rings. The standard InChI is InChI=1S/C36H44F4N2O4/c1-3-5-7-9-10-11-12-13-15-26-24-41-33(42-25-26)27-17-19-28(20-18-27)34(43)45-31-22-21-29(23-30(31)37)35(44)46-32(36(38,39)40)16-14-8-6-4-2/h17-25,32H,3-16H2,1-2H3. The molecule has 6 nitrogen and oxygen atoms in total. The number of aryl methyl sites for hydroxylation is 1. The van der Waals surface area contributed by atoms with Crippen molar-refractivity contribution in [2.24, 2.45) is 0 Å². The summed E-state index contributed by atoms with van der Waals surface area (Å²) in [6, 6.07) is 9.04. The van der Waals surface area contributed by atoms with E-state index in [1.165, 1.54) is 57.1 Å². The zero-order valence-electron chi connectivity index (χ0n) is 26.7. The average molecular weight is 645 g/mol. The molecule has 250 valence electrons. The predicted molar refractivity (Wildman–Crippen MR) is 169 cm³/mol. The molecule has 0 saturated carbocycles. The Morgan fingerprint density at radius 3 is 1.89 bits per heavy atom. The quantitative estimate of drug-likeness (QED) is 0.0559. The zero-order chi connectivity index (χ0) is 33.4. The van der Waals surface area contributed by atoms with E-state index in [1.807, 2.05) is 19.3 Å². The summed E-state index contributed by atoms with van der Waals surface area (Å²) in [5.41, 5.74) is 1.47. The first kappa shape index (κ1) is 36.6. The number of hydrogen-bond acceptors (Lipinski definition) is 6. The Labute approximate surface area is 268 Å². The van der Waals surface area contributed by atoms with Gasteiger partial charge in [0.1, 0.15) is 0 Å². The van der Waals surface area contributed by atoms with Crippen LogP contribution in [-0.4, -0.2) is 34.2 Å². The monoisotopic (exact) mass is 644 g/mol. The fourth-order valence-corrected chi connectivity index (χ4v) is 4.96. The third kappa shape index (κ3) is 12.2. The van der Waals surface area contributed by atoms with Crippen LogP contribution in [-0.2, 0) is 11.2 Å². The van der Waals surface area contributed by atoms with Gasteiger partial charge in [-0.1, -0.05) is 90.2 Å². The lowest BCUT2D eigenvalue weighted by molar-refractivity contribution is -0.206. The van der Waals surface area contributed by atoms with Gasteiger partial charge in [-0.05, 0) is 61.6 Å². The highest BCUT2D eigenvalue weighted by atomic mass is 19.4. The number of unbranched alkanes of at least 4 members (excludes halogenated alkanes) is 10. The predicted octanol–water partition coefficient (Wildman–Crippen LogP) is 10.2. The van der Waals surface area contributed by atoms with Gasteiger partial charge in [0, 0.05) is 18.0 Å². The minimum Gasteiger partial charge on any atom is -0.449 e. The molecule has 1 aromatic heterocycles. The van der Waals surface area contributed by atoms with Crippen LogP contribution < -0.4 is 4.74 Å². The number of aromatic nitrogens is 2. The summed E-state index contributed by atoms with van der Waals surface area (Å²) in [6.45, 7) is 4.15. The van der Waals surface area contributed by atoms with E-state index in [1.54, 1.807) is 12.1 Å². The molecule has 2 aromatic carbocycles. The summed E-state index contributed by atoms with van der Waals surface area (Å²) in [7, 11) is 0. The summed E-state index contributed by atoms with van der Waals surface area (Å²) >= 11 is 0. The van der Waals surface area contributed by atoms with E-state index in [4.69, 9.17) is 4.74 Å². The van der Waals surface area contributed by atoms with Crippen LogP contribution in [0.4, 0.5) is 17.6 Å². The SMILES string of the molecule is CCCCCCCCCCc1cnc(-c2ccc(C(=O)Oc3ccc(C(=O)OC(CCCCCC)C(F)(F)F)cc3F)cc2)nc1. The number of rotatable bonds is 19. The van der Waals surface area contributed by atoms with Crippen LogP contribution in [0.25, 0.3) is 11.4 Å². The van der Waals surface area contributed by atoms with Gasteiger partial charge >= 0.3 is 18.1 Å². The molecule has 0 saturated heterocycles. The van der Waals surface area contributed by atoms with E-state index in [0.717, 1.165) is 43.4 Å². The Kier molecular flexibility index (Phi) is 15.1. The van der Waals surface area contributed by atoms with E-state index >= 15 is 0 Å². The fraction of sp³-hybridized carbons (Fsp3) is 0.500. The molecule has 0 bridgehead atoms. The van der Waals surface area contributed by atoms with Crippen molar-refractivity contribution in [2.45, 2.75) is 116 Å². The molecule has 10 heteroatoms. The average Bonchev–Trinajstić information content (AvgIpc) is 3.04. The normalized spacial score (nSPS) is 12.1. The van der Waals surface area contributed by atoms with Crippen molar-refractivity contribution in [1.82, 2.24) is 9.97 Å². The van der Waals surface area contributed by atoms with Crippen molar-refractivity contribution in [3.63, 3.8) is 0 Å². The van der Waals surface area contributed by atoms with Crippen molar-refractivity contribution >= 4 is 11.9 Å². The molecule has 3 aromatic rings. The molecule has 0 spiro atoms. The molecule has 0 fully saturated rings. The van der Waals surface area contributed by atoms with Crippen LogP contribution >= 0.6 is 0 Å². The van der Waals surface area contributed by atoms with Crippen molar-refractivity contribution in [3.8, 4) is 17.1 Å². The molecule has 0 aliphatic carbocycles. The number of carbonyl (C=O) groups is 2. The van der Waals surface area contributed by atoms with Gasteiger partial charge in [-0.3, -0.25) is 0 Å². The highest BCUT2D eigenvalue weighted by Crippen LogP contribution is 2.29. The Bertz CT molecular complexity index is 1360. The lowest BCUT2D eigenvalue weighted by Gasteiger charge is -2.20. The Balaban J connectivity index is 1.51. The van der Waals surface area contributed by atoms with E-state index in [9.17, 15) is 27.2 Å². The van der Waals surface area contributed by atoms with Crippen molar-refractivity contribution < 1.29 is 36.6 Å². The second-order valence-corrected chi connectivity index (χ2v) is 11.5. The minimum absolute atomic E-state index is 0.133. The lowest BCUT2D eigenvalue weighted by Crippen LogP contribution is -2.33. The largest absolute Gasteiger partial charge is 0.449 e. The number of hydrogen-bond donors (Lipinski definition) is 0. The number of ether oxygens (including phenoxy) is 2. The fourth-order valence-electron chi connectivity index (χ4n) is 4.96. The molecule has 1 heterocycles. The molecule has 0 aliphatic heterocycles. The van der Waals surface area contributed by atoms with E-state index in [2.05, 4.69) is 21.6 Å². The first-order chi connectivity index (χ1) is 22.1. The molecule has 0 N–H and O–H groups in total. The third-order valence-corrected chi connectivity index (χ3v) is 7.71. The molecular weight excluding hydrogens is 600 g/mol. The van der Waals surface area contributed by atoms with Gasteiger partial charge in [0.2, 0.25) is 0 Å². The topological polar surface area (TPSA) is 78.4 Å². The Morgan fingerprint density at radius 1 is 0.739 bits per heavy atom. The highest BCUT2D eigenvalue weighted by molar-refractivity contribution is 5.92. The van der Waals surface area contributed by atoms with E-state index < -0.39 is 41.3 Å². The summed E-state index contributed by atoms with van der Waals surface area (Å²) in [5.74, 6) is -3.23. The van der Waals surface area contributed by atoms with Gasteiger partial charge in [-0.2, -0.15) is 13.2 Å². The van der Waals surface area contributed by atoms with Crippen LogP contribution in [0, 0.1) is 5.82 Å². The lowest BCUT2D eigenvalue weighted by atomic mass is 10.1. The summed E-state index contributed by atoms with van der Waals surface area (Å²) < 4.78 is 64.6. The molecule has 0 amide bonds. The number of carbonyl (C=O) groups excluding carboxylic acids is 2. The second-order valence-electron chi connectivity index (χ2n) is 11.5. The van der Waals surface area contributed by atoms with E-state index in [0.29, 0.717) is 23.9 Å². The summed E-state index contributed by atoms with van der Waals surface area (Å²) in [6.07, 6.45) is 9.59. The number of halogens is 4. The Morgan fingerprint density at radius 2 is 1.30 bits per heavy atom. The van der Waals surface area contributed by atoms with Crippen LogP contribution in [0.15, 0.2) is 54.9 Å². The highest BCUT2D eigenvalue weighted by Gasteiger charge is 2.42. The number of alkyl halides is 3. The van der Waals surface area contributed by atoms with Crippen molar-refractivity contribution in [1.29, 1.82) is 0 Å². The maximum Gasteiger partial charge on any atom is 0.425 e. The second kappa shape index (κ2) is 19.0. The Hall–Kier alpha value is -3.82. The van der Waals surface area contributed by atoms with Gasteiger partial charge in [0.05, 0.1) is 11.1 Å².